The van der Waals surface area contributed by atoms with Gasteiger partial charge in [0, 0.05) is 30.6 Å². The normalized spacial score (nSPS) is 22.0. The van der Waals surface area contributed by atoms with Crippen molar-refractivity contribution in [2.75, 3.05) is 20.3 Å². The number of halogens is 1. The van der Waals surface area contributed by atoms with Crippen molar-refractivity contribution >= 4 is 17.5 Å². The molecular formula is C27H37ClN2O2. The monoisotopic (exact) mass is 456 g/mol. The van der Waals surface area contributed by atoms with Gasteiger partial charge in [0.25, 0.3) is 0 Å². The molecule has 5 heteroatoms. The highest BCUT2D eigenvalue weighted by Crippen LogP contribution is 2.40. The maximum atomic E-state index is 13.6. The van der Waals surface area contributed by atoms with E-state index in [1.807, 2.05) is 24.3 Å². The lowest BCUT2D eigenvalue weighted by Gasteiger charge is -2.38. The number of nitrogens with one attached hydrogen (secondary N) is 2. The van der Waals surface area contributed by atoms with E-state index in [-0.39, 0.29) is 29.7 Å². The van der Waals surface area contributed by atoms with Crippen molar-refractivity contribution < 1.29 is 9.53 Å². The summed E-state index contributed by atoms with van der Waals surface area (Å²) in [7, 11) is 1.73. The summed E-state index contributed by atoms with van der Waals surface area (Å²) >= 11 is 6.08. The lowest BCUT2D eigenvalue weighted by molar-refractivity contribution is -0.127. The zero-order valence-corrected chi connectivity index (χ0v) is 20.5. The van der Waals surface area contributed by atoms with Gasteiger partial charge in [-0.1, -0.05) is 61.8 Å². The molecular weight excluding hydrogens is 420 g/mol. The number of ether oxygens (including phenoxy) is 1. The van der Waals surface area contributed by atoms with Crippen molar-refractivity contribution in [2.24, 2.45) is 11.8 Å². The van der Waals surface area contributed by atoms with Crippen LogP contribution in [0.4, 0.5) is 0 Å². The van der Waals surface area contributed by atoms with Crippen LogP contribution >= 0.6 is 11.6 Å². The van der Waals surface area contributed by atoms with E-state index in [9.17, 15) is 4.79 Å². The SMILES string of the molecule is COCCN[C@@H]1CC[C@@H](C(=O)NC(c2ccc(Cl)cc2)C(C)C)[C@H](c2ccccc2C)C1. The number of rotatable bonds is 9. The van der Waals surface area contributed by atoms with E-state index in [4.69, 9.17) is 16.3 Å². The molecule has 0 aliphatic heterocycles. The van der Waals surface area contributed by atoms with Crippen molar-refractivity contribution in [2.45, 2.75) is 58.0 Å². The minimum absolute atomic E-state index is 0.0326. The summed E-state index contributed by atoms with van der Waals surface area (Å²) in [5, 5.41) is 7.72. The number of hydrogen-bond acceptors (Lipinski definition) is 3. The molecule has 1 fully saturated rings. The van der Waals surface area contributed by atoms with Gasteiger partial charge in [-0.3, -0.25) is 4.79 Å². The van der Waals surface area contributed by atoms with Crippen LogP contribution in [0.3, 0.4) is 0 Å². The second kappa shape index (κ2) is 11.8. The molecule has 1 aliphatic rings. The van der Waals surface area contributed by atoms with Crippen LogP contribution in [-0.2, 0) is 9.53 Å². The molecule has 0 saturated heterocycles. The number of benzene rings is 2. The Hall–Kier alpha value is -1.88. The fraction of sp³-hybridized carbons (Fsp3) is 0.519. The van der Waals surface area contributed by atoms with E-state index in [1.165, 1.54) is 11.1 Å². The molecule has 1 aliphatic carbocycles. The molecule has 0 radical (unpaired) electrons. The first-order chi connectivity index (χ1) is 15.4. The Balaban J connectivity index is 1.80. The van der Waals surface area contributed by atoms with Gasteiger partial charge >= 0.3 is 0 Å². The van der Waals surface area contributed by atoms with Crippen molar-refractivity contribution in [3.8, 4) is 0 Å². The maximum absolute atomic E-state index is 13.6. The van der Waals surface area contributed by atoms with Gasteiger partial charge in [0.2, 0.25) is 5.91 Å². The zero-order valence-electron chi connectivity index (χ0n) is 19.7. The standard InChI is InChI=1S/C27H37ClN2O2/c1-18(2)26(20-9-11-21(28)12-10-20)30-27(31)24-14-13-22(29-15-16-32-4)17-25(24)23-8-6-5-7-19(23)3/h5-12,18,22,24-26,29H,13-17H2,1-4H3,(H,30,31)/t22-,24-,25+,26?/m1/s1. The number of carbonyl (C=O) groups is 1. The van der Waals surface area contributed by atoms with Gasteiger partial charge in [0.1, 0.15) is 0 Å². The largest absolute Gasteiger partial charge is 0.383 e. The highest BCUT2D eigenvalue weighted by atomic mass is 35.5. The summed E-state index contributed by atoms with van der Waals surface area (Å²) < 4.78 is 5.20. The Bertz CT molecular complexity index is 868. The number of methoxy groups -OCH3 is 1. The van der Waals surface area contributed by atoms with Crippen molar-refractivity contribution in [1.82, 2.24) is 10.6 Å². The van der Waals surface area contributed by atoms with Gasteiger partial charge in [0.05, 0.1) is 12.6 Å². The van der Waals surface area contributed by atoms with Gasteiger partial charge in [-0.05, 0) is 66.8 Å². The molecule has 0 heterocycles. The topological polar surface area (TPSA) is 50.4 Å². The van der Waals surface area contributed by atoms with Gasteiger partial charge in [-0.15, -0.1) is 0 Å². The molecule has 1 saturated carbocycles. The second-order valence-corrected chi connectivity index (χ2v) is 9.74. The van der Waals surface area contributed by atoms with Crippen molar-refractivity contribution in [1.29, 1.82) is 0 Å². The molecule has 1 unspecified atom stereocenters. The summed E-state index contributed by atoms with van der Waals surface area (Å²) in [6.45, 7) is 7.98. The lowest BCUT2D eigenvalue weighted by Crippen LogP contribution is -2.44. The van der Waals surface area contributed by atoms with E-state index in [0.29, 0.717) is 17.7 Å². The molecule has 2 N–H and O–H groups in total. The van der Waals surface area contributed by atoms with E-state index in [1.54, 1.807) is 7.11 Å². The quantitative estimate of drug-likeness (QED) is 0.479. The molecule has 174 valence electrons. The van der Waals surface area contributed by atoms with Crippen LogP contribution in [0.2, 0.25) is 5.02 Å². The first kappa shape index (κ1) is 24.8. The Labute approximate surface area is 198 Å². The van der Waals surface area contributed by atoms with E-state index in [2.05, 4.69) is 55.7 Å². The van der Waals surface area contributed by atoms with Crippen LogP contribution in [-0.4, -0.2) is 32.2 Å². The number of aryl methyl sites for hydroxylation is 1. The predicted molar refractivity (Wildman–Crippen MR) is 132 cm³/mol. The first-order valence-corrected chi connectivity index (χ1v) is 12.1. The fourth-order valence-electron chi connectivity index (χ4n) is 4.95. The molecule has 32 heavy (non-hydrogen) atoms. The van der Waals surface area contributed by atoms with E-state index in [0.717, 1.165) is 31.4 Å². The third kappa shape index (κ3) is 6.34. The Morgan fingerprint density at radius 2 is 1.84 bits per heavy atom. The summed E-state index contributed by atoms with van der Waals surface area (Å²) in [5.41, 5.74) is 3.64. The average Bonchev–Trinajstić information content (AvgIpc) is 2.78. The highest BCUT2D eigenvalue weighted by molar-refractivity contribution is 6.30. The second-order valence-electron chi connectivity index (χ2n) is 9.31. The Kier molecular flexibility index (Phi) is 9.15. The van der Waals surface area contributed by atoms with Crippen LogP contribution < -0.4 is 10.6 Å². The lowest BCUT2D eigenvalue weighted by atomic mass is 9.72. The van der Waals surface area contributed by atoms with E-state index < -0.39 is 0 Å². The Morgan fingerprint density at radius 1 is 1.12 bits per heavy atom. The molecule has 0 aromatic heterocycles. The van der Waals surface area contributed by atoms with Crippen LogP contribution in [0.1, 0.15) is 61.8 Å². The third-order valence-corrected chi connectivity index (χ3v) is 6.96. The summed E-state index contributed by atoms with van der Waals surface area (Å²) in [6, 6.07) is 16.7. The number of hydrogen-bond donors (Lipinski definition) is 2. The first-order valence-electron chi connectivity index (χ1n) is 11.7. The molecule has 0 spiro atoms. The smallest absolute Gasteiger partial charge is 0.224 e. The van der Waals surface area contributed by atoms with E-state index >= 15 is 0 Å². The molecule has 2 aromatic carbocycles. The minimum Gasteiger partial charge on any atom is -0.383 e. The zero-order chi connectivity index (χ0) is 23.1. The van der Waals surface area contributed by atoms with Crippen molar-refractivity contribution in [3.05, 3.63) is 70.2 Å². The summed E-state index contributed by atoms with van der Waals surface area (Å²) in [5.74, 6) is 0.597. The van der Waals surface area contributed by atoms with Crippen LogP contribution in [0.25, 0.3) is 0 Å². The van der Waals surface area contributed by atoms with Crippen molar-refractivity contribution in [3.63, 3.8) is 0 Å². The predicted octanol–water partition coefficient (Wildman–Crippen LogP) is 5.65. The van der Waals surface area contributed by atoms with Crippen LogP contribution in [0.5, 0.6) is 0 Å². The van der Waals surface area contributed by atoms with Gasteiger partial charge < -0.3 is 15.4 Å². The molecule has 4 nitrogen and oxygen atoms in total. The number of carbonyl (C=O) groups excluding carboxylic acids is 1. The minimum atomic E-state index is -0.0369. The molecule has 1 amide bonds. The maximum Gasteiger partial charge on any atom is 0.224 e. The molecule has 3 rings (SSSR count). The molecule has 0 bridgehead atoms. The van der Waals surface area contributed by atoms with Gasteiger partial charge in [-0.25, -0.2) is 0 Å². The Morgan fingerprint density at radius 3 is 2.50 bits per heavy atom. The van der Waals surface area contributed by atoms with Crippen LogP contribution in [0, 0.1) is 18.8 Å². The highest BCUT2D eigenvalue weighted by Gasteiger charge is 2.37. The number of amides is 1. The van der Waals surface area contributed by atoms with Gasteiger partial charge in [-0.2, -0.15) is 0 Å². The van der Waals surface area contributed by atoms with Crippen LogP contribution in [0.15, 0.2) is 48.5 Å². The molecule has 2 aromatic rings. The summed E-state index contributed by atoms with van der Waals surface area (Å²) in [4.78, 5) is 13.6. The summed E-state index contributed by atoms with van der Waals surface area (Å²) in [6.07, 6.45) is 2.83. The third-order valence-electron chi connectivity index (χ3n) is 6.71. The molecule has 4 atom stereocenters. The average molecular weight is 457 g/mol. The van der Waals surface area contributed by atoms with Gasteiger partial charge in [0.15, 0.2) is 0 Å². The fourth-order valence-corrected chi connectivity index (χ4v) is 5.07.